The number of aliphatic imine (C=N–C) groups is 1. The number of rotatable bonds is 5. The van der Waals surface area contributed by atoms with Crippen LogP contribution < -0.4 is 0 Å². The van der Waals surface area contributed by atoms with Gasteiger partial charge >= 0.3 is 0 Å². The molecule has 0 bridgehead atoms. The van der Waals surface area contributed by atoms with Crippen LogP contribution in [0.25, 0.3) is 11.8 Å². The van der Waals surface area contributed by atoms with Gasteiger partial charge in [0, 0.05) is 29.5 Å². The molecule has 1 aliphatic rings. The predicted octanol–water partition coefficient (Wildman–Crippen LogP) is 7.59. The van der Waals surface area contributed by atoms with Crippen LogP contribution in [0.15, 0.2) is 95.1 Å². The van der Waals surface area contributed by atoms with E-state index < -0.39 is 0 Å². The van der Waals surface area contributed by atoms with Crippen LogP contribution in [0, 0.1) is 13.8 Å². The summed E-state index contributed by atoms with van der Waals surface area (Å²) in [5.41, 5.74) is 7.55. The Balaban J connectivity index is 1.50. The van der Waals surface area contributed by atoms with Crippen molar-refractivity contribution in [2.24, 2.45) is 4.99 Å². The highest BCUT2D eigenvalue weighted by Crippen LogP contribution is 2.36. The van der Waals surface area contributed by atoms with Crippen LogP contribution in [0.3, 0.4) is 0 Å². The molecule has 0 aliphatic carbocycles. The van der Waals surface area contributed by atoms with Crippen LogP contribution >= 0.6 is 11.8 Å². The molecule has 1 aliphatic heterocycles. The van der Waals surface area contributed by atoms with Gasteiger partial charge in [0.25, 0.3) is 5.91 Å². The van der Waals surface area contributed by atoms with Crippen LogP contribution in [-0.4, -0.2) is 25.5 Å². The van der Waals surface area contributed by atoms with Crippen LogP contribution in [0.5, 0.6) is 0 Å². The van der Waals surface area contributed by atoms with Gasteiger partial charge in [0.15, 0.2) is 5.17 Å². The average Bonchev–Trinajstić information content (AvgIpc) is 3.34. The molecule has 0 atom stereocenters. The number of pyridine rings is 1. The van der Waals surface area contributed by atoms with Crippen molar-refractivity contribution in [3.63, 3.8) is 0 Å². The Hall–Kier alpha value is -3.90. The lowest BCUT2D eigenvalue weighted by Crippen LogP contribution is -2.28. The third kappa shape index (κ3) is 5.36. The molecule has 3 heterocycles. The van der Waals surface area contributed by atoms with Gasteiger partial charge in [-0.05, 0) is 90.2 Å². The molecule has 0 N–H and O–H groups in total. The van der Waals surface area contributed by atoms with Crippen molar-refractivity contribution >= 4 is 34.6 Å². The molecule has 192 valence electrons. The molecular formula is C32H32N4OS. The second-order valence-electron chi connectivity index (χ2n) is 10.6. The number of benzene rings is 2. The van der Waals surface area contributed by atoms with E-state index in [1.165, 1.54) is 17.3 Å². The second kappa shape index (κ2) is 10.5. The molecule has 0 saturated carbocycles. The van der Waals surface area contributed by atoms with Crippen molar-refractivity contribution in [3.8, 4) is 5.69 Å². The Kier molecular flexibility index (Phi) is 7.09. The van der Waals surface area contributed by atoms with Crippen molar-refractivity contribution in [3.05, 3.63) is 118 Å². The van der Waals surface area contributed by atoms with Crippen LogP contribution in [-0.2, 0) is 16.8 Å². The van der Waals surface area contributed by atoms with E-state index >= 15 is 0 Å². The molecule has 1 fully saturated rings. The van der Waals surface area contributed by atoms with Gasteiger partial charge in [-0.2, -0.15) is 0 Å². The molecule has 0 spiro atoms. The number of hydrogen-bond donors (Lipinski definition) is 0. The Morgan fingerprint density at radius 3 is 2.37 bits per heavy atom. The molecule has 6 heteroatoms. The molecule has 2 aromatic heterocycles. The monoisotopic (exact) mass is 520 g/mol. The zero-order chi connectivity index (χ0) is 26.9. The van der Waals surface area contributed by atoms with Gasteiger partial charge in [-0.3, -0.25) is 14.7 Å². The number of amidine groups is 1. The summed E-state index contributed by atoms with van der Waals surface area (Å²) in [5.74, 6) is -0.0483. The number of para-hydroxylation sites is 1. The molecule has 2 aromatic carbocycles. The normalized spacial score (nSPS) is 16.1. The first-order valence-electron chi connectivity index (χ1n) is 12.7. The van der Waals surface area contributed by atoms with E-state index in [-0.39, 0.29) is 11.3 Å². The maximum absolute atomic E-state index is 13.6. The molecule has 1 saturated heterocycles. The van der Waals surface area contributed by atoms with E-state index in [2.05, 4.69) is 74.5 Å². The molecule has 38 heavy (non-hydrogen) atoms. The average molecular weight is 521 g/mol. The number of hydrogen-bond acceptors (Lipinski definition) is 4. The lowest BCUT2D eigenvalue weighted by molar-refractivity contribution is -0.122. The van der Waals surface area contributed by atoms with E-state index in [1.54, 1.807) is 17.3 Å². The van der Waals surface area contributed by atoms with Crippen LogP contribution in [0.1, 0.15) is 48.8 Å². The summed E-state index contributed by atoms with van der Waals surface area (Å²) in [4.78, 5) is 25.1. The Morgan fingerprint density at radius 2 is 1.71 bits per heavy atom. The van der Waals surface area contributed by atoms with Crippen molar-refractivity contribution in [2.45, 2.75) is 46.6 Å². The third-order valence-corrected chi connectivity index (χ3v) is 7.69. The Bertz CT molecular complexity index is 1510. The van der Waals surface area contributed by atoms with Crippen molar-refractivity contribution in [1.29, 1.82) is 0 Å². The number of carbonyl (C=O) groups excluding carboxylic acids is 1. The maximum atomic E-state index is 13.6. The first-order chi connectivity index (χ1) is 18.2. The highest BCUT2D eigenvalue weighted by Gasteiger charge is 2.34. The van der Waals surface area contributed by atoms with Gasteiger partial charge in [0.1, 0.15) is 0 Å². The van der Waals surface area contributed by atoms with Crippen molar-refractivity contribution in [2.75, 3.05) is 0 Å². The SMILES string of the molecule is Cc1cc(/C=C2\SC(=Nc3ccccc3)N(Cc3cccnc3)C2=O)c(C)n1-c1ccc(C(C)(C)C)cc1. The fourth-order valence-corrected chi connectivity index (χ4v) is 5.59. The molecular weight excluding hydrogens is 488 g/mol. The molecule has 0 radical (unpaired) electrons. The molecule has 1 amide bonds. The van der Waals surface area contributed by atoms with E-state index in [9.17, 15) is 4.79 Å². The van der Waals surface area contributed by atoms with Gasteiger partial charge in [-0.1, -0.05) is 57.2 Å². The predicted molar refractivity (Wildman–Crippen MR) is 158 cm³/mol. The number of amides is 1. The minimum atomic E-state index is -0.0483. The number of carbonyl (C=O) groups is 1. The lowest BCUT2D eigenvalue weighted by atomic mass is 9.87. The summed E-state index contributed by atoms with van der Waals surface area (Å²) in [6.45, 7) is 11.3. The summed E-state index contributed by atoms with van der Waals surface area (Å²) in [6, 6.07) is 24.5. The quantitative estimate of drug-likeness (QED) is 0.255. The summed E-state index contributed by atoms with van der Waals surface area (Å²) in [5, 5.41) is 0.669. The fourth-order valence-electron chi connectivity index (χ4n) is 4.60. The first-order valence-corrected chi connectivity index (χ1v) is 13.6. The zero-order valence-electron chi connectivity index (χ0n) is 22.5. The molecule has 5 nitrogen and oxygen atoms in total. The van der Waals surface area contributed by atoms with Gasteiger partial charge < -0.3 is 4.57 Å². The molecule has 5 rings (SSSR count). The van der Waals surface area contributed by atoms with Crippen molar-refractivity contribution in [1.82, 2.24) is 14.5 Å². The summed E-state index contributed by atoms with van der Waals surface area (Å²) < 4.78 is 2.25. The fraction of sp³-hybridized carbons (Fsp3) is 0.219. The van der Waals surface area contributed by atoms with E-state index in [0.29, 0.717) is 16.6 Å². The van der Waals surface area contributed by atoms with E-state index in [4.69, 9.17) is 4.99 Å². The van der Waals surface area contributed by atoms with Gasteiger partial charge in [0.2, 0.25) is 0 Å². The van der Waals surface area contributed by atoms with Gasteiger partial charge in [0.05, 0.1) is 17.1 Å². The minimum Gasteiger partial charge on any atom is -0.318 e. The number of thioether (sulfide) groups is 1. The highest BCUT2D eigenvalue weighted by molar-refractivity contribution is 8.18. The molecule has 4 aromatic rings. The van der Waals surface area contributed by atoms with E-state index in [0.717, 1.165) is 33.9 Å². The molecule has 0 unspecified atom stereocenters. The minimum absolute atomic E-state index is 0.0483. The summed E-state index contributed by atoms with van der Waals surface area (Å²) >= 11 is 1.42. The Morgan fingerprint density at radius 1 is 0.974 bits per heavy atom. The smallest absolute Gasteiger partial charge is 0.267 e. The van der Waals surface area contributed by atoms with Crippen LogP contribution in [0.4, 0.5) is 5.69 Å². The number of nitrogens with zero attached hydrogens (tertiary/aromatic N) is 4. The summed E-state index contributed by atoms with van der Waals surface area (Å²) in [7, 11) is 0. The van der Waals surface area contributed by atoms with Crippen molar-refractivity contribution < 1.29 is 4.79 Å². The first kappa shape index (κ1) is 25.7. The summed E-state index contributed by atoms with van der Waals surface area (Å²) in [6.07, 6.45) is 5.53. The topological polar surface area (TPSA) is 50.5 Å². The highest BCUT2D eigenvalue weighted by atomic mass is 32.2. The largest absolute Gasteiger partial charge is 0.318 e. The van der Waals surface area contributed by atoms with E-state index in [1.807, 2.05) is 48.5 Å². The zero-order valence-corrected chi connectivity index (χ0v) is 23.3. The number of aryl methyl sites for hydroxylation is 1. The maximum Gasteiger partial charge on any atom is 0.267 e. The standard InChI is InChI=1S/C32H32N4OS/c1-22-18-25(23(2)36(22)28-15-13-26(14-16-28)32(3,4)5)19-29-30(37)35(21-24-10-9-17-33-20-24)31(38-29)34-27-11-7-6-8-12-27/h6-20H,21H2,1-5H3/b29-19-,34-31?. The van der Waals surface area contributed by atoms with Crippen LogP contribution in [0.2, 0.25) is 0 Å². The van der Waals surface area contributed by atoms with Gasteiger partial charge in [-0.25, -0.2) is 4.99 Å². The Labute approximate surface area is 229 Å². The van der Waals surface area contributed by atoms with Gasteiger partial charge in [-0.15, -0.1) is 0 Å². The second-order valence-corrected chi connectivity index (χ2v) is 11.6. The number of aromatic nitrogens is 2. The third-order valence-electron chi connectivity index (χ3n) is 6.68. The lowest BCUT2D eigenvalue weighted by Gasteiger charge is -2.20.